The maximum Gasteiger partial charge on any atom is 0.246 e. The van der Waals surface area contributed by atoms with Gasteiger partial charge in [-0.1, -0.05) is 48.5 Å². The van der Waals surface area contributed by atoms with E-state index in [9.17, 15) is 4.79 Å². The van der Waals surface area contributed by atoms with Gasteiger partial charge < -0.3 is 10.1 Å². The second-order valence-electron chi connectivity index (χ2n) is 5.31. The zero-order valence-corrected chi connectivity index (χ0v) is 14.2. The van der Waals surface area contributed by atoms with E-state index in [2.05, 4.69) is 28.9 Å². The molecule has 1 amide bonds. The van der Waals surface area contributed by atoms with Crippen molar-refractivity contribution in [1.82, 2.24) is 10.3 Å². The molecule has 3 rings (SSSR count). The Hall–Kier alpha value is -2.50. The van der Waals surface area contributed by atoms with Crippen LogP contribution in [0.2, 0.25) is 0 Å². The number of methoxy groups -OCH3 is 1. The number of amides is 1. The number of nitrogens with one attached hydrogen (secondary N) is 1. The van der Waals surface area contributed by atoms with Crippen molar-refractivity contribution in [3.63, 3.8) is 0 Å². The Balaban J connectivity index is 1.75. The summed E-state index contributed by atoms with van der Waals surface area (Å²) >= 11 is 1.62. The van der Waals surface area contributed by atoms with Gasteiger partial charge in [0.1, 0.15) is 11.6 Å². The van der Waals surface area contributed by atoms with Gasteiger partial charge in [-0.05, 0) is 11.6 Å². The second kappa shape index (κ2) is 7.86. The first-order chi connectivity index (χ1) is 11.8. The van der Waals surface area contributed by atoms with Crippen LogP contribution in [-0.4, -0.2) is 24.6 Å². The van der Waals surface area contributed by atoms with Crippen LogP contribution in [-0.2, 0) is 16.1 Å². The van der Waals surface area contributed by atoms with E-state index in [1.54, 1.807) is 11.3 Å². The van der Waals surface area contributed by atoms with Gasteiger partial charge in [0.2, 0.25) is 5.91 Å². The number of nitrogens with zero attached hydrogens (tertiary/aromatic N) is 1. The molecule has 0 unspecified atom stereocenters. The fourth-order valence-corrected chi connectivity index (χ4v) is 3.17. The van der Waals surface area contributed by atoms with E-state index in [4.69, 9.17) is 9.72 Å². The van der Waals surface area contributed by atoms with Crippen LogP contribution in [0.25, 0.3) is 21.8 Å². The number of hydrogen-bond donors (Lipinski definition) is 1. The Morgan fingerprint density at radius 3 is 2.71 bits per heavy atom. The van der Waals surface area contributed by atoms with E-state index in [-0.39, 0.29) is 12.5 Å². The number of aromatic nitrogens is 1. The van der Waals surface area contributed by atoms with Crippen molar-refractivity contribution in [2.24, 2.45) is 0 Å². The van der Waals surface area contributed by atoms with Crippen LogP contribution in [0.5, 0.6) is 0 Å². The zero-order chi connectivity index (χ0) is 16.8. The van der Waals surface area contributed by atoms with Gasteiger partial charge in [0.25, 0.3) is 0 Å². The molecule has 0 aliphatic carbocycles. The number of carbonyl (C=O) groups excluding carboxylic acids is 1. The normalized spacial score (nSPS) is 10.5. The zero-order valence-electron chi connectivity index (χ0n) is 13.4. The molecule has 122 valence electrons. The molecule has 0 atom stereocenters. The summed E-state index contributed by atoms with van der Waals surface area (Å²) in [5.74, 6) is -0.122. The van der Waals surface area contributed by atoms with E-state index in [0.717, 1.165) is 27.4 Å². The van der Waals surface area contributed by atoms with Crippen molar-refractivity contribution < 1.29 is 9.53 Å². The highest BCUT2D eigenvalue weighted by molar-refractivity contribution is 7.13. The topological polar surface area (TPSA) is 51.2 Å². The highest BCUT2D eigenvalue weighted by Gasteiger charge is 2.07. The highest BCUT2D eigenvalue weighted by atomic mass is 32.1. The van der Waals surface area contributed by atoms with Gasteiger partial charge in [0.15, 0.2) is 0 Å². The molecule has 1 N–H and O–H groups in total. The van der Waals surface area contributed by atoms with E-state index >= 15 is 0 Å². The lowest BCUT2D eigenvalue weighted by atomic mass is 10.1. The standard InChI is InChI=1S/C19H18N2O2S/c1-23-12-18(22)20-11-14-6-5-9-16(10-14)19-21-17(13-24-19)15-7-3-2-4-8-15/h2-10,13H,11-12H2,1H3,(H,20,22). The fourth-order valence-electron chi connectivity index (χ4n) is 2.34. The predicted molar refractivity (Wildman–Crippen MR) is 96.7 cm³/mol. The first-order valence-electron chi connectivity index (χ1n) is 7.62. The van der Waals surface area contributed by atoms with E-state index < -0.39 is 0 Å². The summed E-state index contributed by atoms with van der Waals surface area (Å²) in [6, 6.07) is 18.2. The van der Waals surface area contributed by atoms with Crippen molar-refractivity contribution in [1.29, 1.82) is 0 Å². The van der Waals surface area contributed by atoms with Gasteiger partial charge in [0, 0.05) is 30.2 Å². The monoisotopic (exact) mass is 338 g/mol. The van der Waals surface area contributed by atoms with Crippen LogP contribution in [0.4, 0.5) is 0 Å². The highest BCUT2D eigenvalue weighted by Crippen LogP contribution is 2.29. The van der Waals surface area contributed by atoms with Gasteiger partial charge in [-0.2, -0.15) is 0 Å². The molecule has 0 aliphatic heterocycles. The lowest BCUT2D eigenvalue weighted by Gasteiger charge is -2.06. The van der Waals surface area contributed by atoms with Gasteiger partial charge in [-0.25, -0.2) is 4.98 Å². The molecule has 0 saturated heterocycles. The Bertz CT molecular complexity index is 815. The van der Waals surface area contributed by atoms with Crippen molar-refractivity contribution >= 4 is 17.2 Å². The molecule has 24 heavy (non-hydrogen) atoms. The lowest BCUT2D eigenvalue weighted by molar-refractivity contribution is -0.124. The Labute approximate surface area is 145 Å². The third-order valence-corrected chi connectivity index (χ3v) is 4.40. The molecule has 1 heterocycles. The lowest BCUT2D eigenvalue weighted by Crippen LogP contribution is -2.26. The minimum Gasteiger partial charge on any atom is -0.375 e. The van der Waals surface area contributed by atoms with E-state index in [0.29, 0.717) is 6.54 Å². The maximum absolute atomic E-state index is 11.5. The van der Waals surface area contributed by atoms with Crippen LogP contribution in [0, 0.1) is 0 Å². The fraction of sp³-hybridized carbons (Fsp3) is 0.158. The summed E-state index contributed by atoms with van der Waals surface area (Å²) < 4.78 is 4.81. The van der Waals surface area contributed by atoms with Gasteiger partial charge >= 0.3 is 0 Å². The average Bonchev–Trinajstić information content (AvgIpc) is 3.11. The molecule has 0 saturated carbocycles. The largest absolute Gasteiger partial charge is 0.375 e. The predicted octanol–water partition coefficient (Wildman–Crippen LogP) is 3.74. The summed E-state index contributed by atoms with van der Waals surface area (Å²) in [7, 11) is 1.51. The third-order valence-electron chi connectivity index (χ3n) is 3.51. The molecule has 0 spiro atoms. The van der Waals surface area contributed by atoms with Gasteiger partial charge in [-0.15, -0.1) is 11.3 Å². The SMILES string of the molecule is COCC(=O)NCc1cccc(-c2nc(-c3ccccc3)cs2)c1. The number of thiazole rings is 1. The Morgan fingerprint density at radius 2 is 1.92 bits per heavy atom. The van der Waals surface area contributed by atoms with Gasteiger partial charge in [0.05, 0.1) is 5.69 Å². The quantitative estimate of drug-likeness (QED) is 0.745. The van der Waals surface area contributed by atoms with Crippen LogP contribution in [0.3, 0.4) is 0 Å². The molecule has 2 aromatic carbocycles. The number of ether oxygens (including phenoxy) is 1. The first-order valence-corrected chi connectivity index (χ1v) is 8.50. The molecule has 3 aromatic rings. The van der Waals surface area contributed by atoms with Crippen LogP contribution in [0.15, 0.2) is 60.0 Å². The molecule has 1 aromatic heterocycles. The molecular weight excluding hydrogens is 320 g/mol. The summed E-state index contributed by atoms with van der Waals surface area (Å²) in [4.78, 5) is 16.2. The molecule has 0 fully saturated rings. The number of rotatable bonds is 6. The Kier molecular flexibility index (Phi) is 5.36. The van der Waals surface area contributed by atoms with Gasteiger partial charge in [-0.3, -0.25) is 4.79 Å². The molecule has 4 nitrogen and oxygen atoms in total. The number of benzene rings is 2. The summed E-state index contributed by atoms with van der Waals surface area (Å²) in [6.45, 7) is 0.555. The smallest absolute Gasteiger partial charge is 0.246 e. The summed E-state index contributed by atoms with van der Waals surface area (Å²) in [6.07, 6.45) is 0. The minimum atomic E-state index is -0.122. The molecule has 0 radical (unpaired) electrons. The first kappa shape index (κ1) is 16.4. The number of hydrogen-bond acceptors (Lipinski definition) is 4. The summed E-state index contributed by atoms with van der Waals surface area (Å²) in [5, 5.41) is 5.87. The van der Waals surface area contributed by atoms with E-state index in [1.807, 2.05) is 36.4 Å². The molecule has 0 aliphatic rings. The van der Waals surface area contributed by atoms with Crippen LogP contribution in [0.1, 0.15) is 5.56 Å². The van der Waals surface area contributed by atoms with Crippen molar-refractivity contribution in [2.45, 2.75) is 6.54 Å². The maximum atomic E-state index is 11.5. The Morgan fingerprint density at radius 1 is 1.12 bits per heavy atom. The second-order valence-corrected chi connectivity index (χ2v) is 6.17. The average molecular weight is 338 g/mol. The van der Waals surface area contributed by atoms with Crippen molar-refractivity contribution in [3.8, 4) is 21.8 Å². The van der Waals surface area contributed by atoms with Crippen molar-refractivity contribution in [3.05, 3.63) is 65.5 Å². The third kappa shape index (κ3) is 4.07. The molecular formula is C19H18N2O2S. The molecule has 0 bridgehead atoms. The minimum absolute atomic E-state index is 0.0760. The van der Waals surface area contributed by atoms with Crippen LogP contribution < -0.4 is 5.32 Å². The van der Waals surface area contributed by atoms with Crippen molar-refractivity contribution in [2.75, 3.05) is 13.7 Å². The van der Waals surface area contributed by atoms with E-state index in [1.165, 1.54) is 7.11 Å². The van der Waals surface area contributed by atoms with Crippen LogP contribution >= 0.6 is 11.3 Å². The summed E-state index contributed by atoms with van der Waals surface area (Å²) in [5.41, 5.74) is 4.19. The number of carbonyl (C=O) groups is 1. The molecule has 5 heteroatoms.